The van der Waals surface area contributed by atoms with Gasteiger partial charge in [0.05, 0.1) is 31.4 Å². The standard InChI is InChI=1S/C25H32N2O3/c1-5-8-20-9-10-23(24(17-20)29-4)30-14-7-6-12-27-22-16-19(3)18(2)15-21(22)26-25(27)11-13-28/h5,8-10,15-17,28H,6-7,11-14H2,1-4H3/b8-5+. The number of allylic oxidation sites excluding steroid dienone is 1. The van der Waals surface area contributed by atoms with Crippen molar-refractivity contribution in [1.82, 2.24) is 9.55 Å². The van der Waals surface area contributed by atoms with Crippen LogP contribution in [0, 0.1) is 13.8 Å². The Balaban J connectivity index is 1.62. The molecule has 0 atom stereocenters. The Kier molecular flexibility index (Phi) is 7.52. The number of ether oxygens (including phenoxy) is 2. The van der Waals surface area contributed by atoms with Crippen LogP contribution in [0.25, 0.3) is 17.1 Å². The summed E-state index contributed by atoms with van der Waals surface area (Å²) >= 11 is 0. The molecule has 160 valence electrons. The Morgan fingerprint density at radius 2 is 1.87 bits per heavy atom. The van der Waals surface area contributed by atoms with Gasteiger partial charge in [-0.25, -0.2) is 4.98 Å². The van der Waals surface area contributed by atoms with E-state index in [9.17, 15) is 5.11 Å². The van der Waals surface area contributed by atoms with E-state index in [1.165, 1.54) is 11.1 Å². The third-order valence-corrected chi connectivity index (χ3v) is 5.36. The van der Waals surface area contributed by atoms with Crippen LogP contribution < -0.4 is 9.47 Å². The van der Waals surface area contributed by atoms with Crippen LogP contribution in [0.4, 0.5) is 0 Å². The maximum Gasteiger partial charge on any atom is 0.161 e. The van der Waals surface area contributed by atoms with Crippen LogP contribution in [0.15, 0.2) is 36.4 Å². The number of benzene rings is 2. The minimum atomic E-state index is 0.105. The van der Waals surface area contributed by atoms with E-state index in [4.69, 9.17) is 14.5 Å². The minimum Gasteiger partial charge on any atom is -0.493 e. The quantitative estimate of drug-likeness (QED) is 0.475. The maximum atomic E-state index is 9.43. The fraction of sp³-hybridized carbons (Fsp3) is 0.400. The molecule has 0 spiro atoms. The molecule has 3 rings (SSSR count). The second-order valence-electron chi connectivity index (χ2n) is 7.54. The summed E-state index contributed by atoms with van der Waals surface area (Å²) in [7, 11) is 1.66. The van der Waals surface area contributed by atoms with Crippen LogP contribution in [-0.4, -0.2) is 35.0 Å². The van der Waals surface area contributed by atoms with Crippen molar-refractivity contribution in [3.63, 3.8) is 0 Å². The highest BCUT2D eigenvalue weighted by molar-refractivity contribution is 5.78. The number of aliphatic hydroxyl groups excluding tert-OH is 1. The highest BCUT2D eigenvalue weighted by Gasteiger charge is 2.12. The van der Waals surface area contributed by atoms with Crippen molar-refractivity contribution < 1.29 is 14.6 Å². The van der Waals surface area contributed by atoms with Crippen LogP contribution in [0.2, 0.25) is 0 Å². The third-order valence-electron chi connectivity index (χ3n) is 5.36. The van der Waals surface area contributed by atoms with E-state index >= 15 is 0 Å². The molecule has 2 aromatic carbocycles. The number of hydrogen-bond acceptors (Lipinski definition) is 4. The Labute approximate surface area is 179 Å². The molecule has 0 aliphatic carbocycles. The topological polar surface area (TPSA) is 56.5 Å². The van der Waals surface area contributed by atoms with E-state index in [2.05, 4.69) is 30.5 Å². The lowest BCUT2D eigenvalue weighted by Crippen LogP contribution is -2.08. The summed E-state index contributed by atoms with van der Waals surface area (Å²) in [6.45, 7) is 7.81. The normalized spacial score (nSPS) is 11.5. The lowest BCUT2D eigenvalue weighted by atomic mass is 10.1. The number of unbranched alkanes of at least 4 members (excludes halogenated alkanes) is 1. The van der Waals surface area contributed by atoms with Gasteiger partial charge in [-0.15, -0.1) is 0 Å². The van der Waals surface area contributed by atoms with Crippen molar-refractivity contribution in [2.45, 2.75) is 46.6 Å². The fourth-order valence-corrected chi connectivity index (χ4v) is 3.62. The summed E-state index contributed by atoms with van der Waals surface area (Å²) in [5.74, 6) is 2.47. The number of rotatable bonds is 10. The van der Waals surface area contributed by atoms with E-state index in [1.807, 2.05) is 37.3 Å². The molecule has 0 aliphatic rings. The minimum absolute atomic E-state index is 0.105. The van der Waals surface area contributed by atoms with Crippen LogP contribution in [0.3, 0.4) is 0 Å². The molecule has 3 aromatic rings. The lowest BCUT2D eigenvalue weighted by molar-refractivity contribution is 0.282. The van der Waals surface area contributed by atoms with E-state index in [0.29, 0.717) is 13.0 Å². The predicted molar refractivity (Wildman–Crippen MR) is 122 cm³/mol. The smallest absolute Gasteiger partial charge is 0.161 e. The molecule has 0 unspecified atom stereocenters. The van der Waals surface area contributed by atoms with Gasteiger partial charge in [0.25, 0.3) is 0 Å². The zero-order chi connectivity index (χ0) is 21.5. The van der Waals surface area contributed by atoms with Crippen LogP contribution in [0.1, 0.15) is 42.3 Å². The molecule has 30 heavy (non-hydrogen) atoms. The van der Waals surface area contributed by atoms with Gasteiger partial charge in [0.1, 0.15) is 5.82 Å². The van der Waals surface area contributed by atoms with Gasteiger partial charge in [-0.05, 0) is 74.6 Å². The zero-order valence-electron chi connectivity index (χ0n) is 18.4. The lowest BCUT2D eigenvalue weighted by Gasteiger charge is -2.12. The number of nitrogens with zero attached hydrogens (tertiary/aromatic N) is 2. The second-order valence-corrected chi connectivity index (χ2v) is 7.54. The first-order valence-electron chi connectivity index (χ1n) is 10.6. The molecule has 0 fully saturated rings. The molecule has 1 N–H and O–H groups in total. The van der Waals surface area contributed by atoms with Crippen LogP contribution in [-0.2, 0) is 13.0 Å². The number of hydrogen-bond donors (Lipinski definition) is 1. The van der Waals surface area contributed by atoms with Crippen molar-refractivity contribution in [3.8, 4) is 11.5 Å². The summed E-state index contributed by atoms with van der Waals surface area (Å²) in [6, 6.07) is 10.3. The average Bonchev–Trinajstić information content (AvgIpc) is 3.05. The second kappa shape index (κ2) is 10.3. The third kappa shape index (κ3) is 5.03. The highest BCUT2D eigenvalue weighted by Crippen LogP contribution is 2.29. The first-order valence-corrected chi connectivity index (χ1v) is 10.6. The number of aromatic nitrogens is 2. The van der Waals surface area contributed by atoms with E-state index in [1.54, 1.807) is 7.11 Å². The van der Waals surface area contributed by atoms with Gasteiger partial charge in [0, 0.05) is 13.0 Å². The van der Waals surface area contributed by atoms with Gasteiger partial charge in [-0.1, -0.05) is 18.2 Å². The van der Waals surface area contributed by atoms with Gasteiger partial charge in [-0.2, -0.15) is 0 Å². The van der Waals surface area contributed by atoms with Crippen molar-refractivity contribution in [2.24, 2.45) is 0 Å². The maximum absolute atomic E-state index is 9.43. The van der Waals surface area contributed by atoms with Crippen molar-refractivity contribution in [1.29, 1.82) is 0 Å². The van der Waals surface area contributed by atoms with Crippen molar-refractivity contribution in [2.75, 3.05) is 20.3 Å². The van der Waals surface area contributed by atoms with E-state index in [0.717, 1.165) is 53.3 Å². The summed E-state index contributed by atoms with van der Waals surface area (Å²) in [5, 5.41) is 9.43. The summed E-state index contributed by atoms with van der Waals surface area (Å²) in [6.07, 6.45) is 6.50. The molecule has 0 bridgehead atoms. The number of methoxy groups -OCH3 is 1. The molecular formula is C25H32N2O3. The molecule has 1 heterocycles. The number of aryl methyl sites for hydroxylation is 3. The Hall–Kier alpha value is -2.79. The highest BCUT2D eigenvalue weighted by atomic mass is 16.5. The first kappa shape index (κ1) is 21.9. The molecular weight excluding hydrogens is 376 g/mol. The predicted octanol–water partition coefficient (Wildman–Crippen LogP) is 5.09. The molecule has 0 saturated heterocycles. The average molecular weight is 409 g/mol. The fourth-order valence-electron chi connectivity index (χ4n) is 3.62. The molecule has 0 radical (unpaired) electrons. The van der Waals surface area contributed by atoms with Crippen molar-refractivity contribution >= 4 is 17.1 Å². The zero-order valence-corrected chi connectivity index (χ0v) is 18.4. The summed E-state index contributed by atoms with van der Waals surface area (Å²) in [4.78, 5) is 4.75. The molecule has 5 nitrogen and oxygen atoms in total. The SMILES string of the molecule is C/C=C/c1ccc(OCCCCn2c(CCO)nc3cc(C)c(C)cc32)c(OC)c1. The van der Waals surface area contributed by atoms with Gasteiger partial charge in [0.15, 0.2) is 11.5 Å². The molecule has 5 heteroatoms. The van der Waals surface area contributed by atoms with E-state index < -0.39 is 0 Å². The Morgan fingerprint density at radius 1 is 1.07 bits per heavy atom. The van der Waals surface area contributed by atoms with Gasteiger partial charge >= 0.3 is 0 Å². The largest absolute Gasteiger partial charge is 0.493 e. The van der Waals surface area contributed by atoms with Crippen LogP contribution >= 0.6 is 0 Å². The van der Waals surface area contributed by atoms with Crippen LogP contribution in [0.5, 0.6) is 11.5 Å². The number of fused-ring (bicyclic) bond motifs is 1. The summed E-state index contributed by atoms with van der Waals surface area (Å²) in [5.41, 5.74) is 5.74. The molecule has 0 saturated carbocycles. The van der Waals surface area contributed by atoms with Gasteiger partial charge in [0.2, 0.25) is 0 Å². The number of aliphatic hydroxyl groups is 1. The Bertz CT molecular complexity index is 1020. The van der Waals surface area contributed by atoms with Crippen molar-refractivity contribution in [3.05, 3.63) is 58.9 Å². The van der Waals surface area contributed by atoms with Gasteiger partial charge < -0.3 is 19.1 Å². The Morgan fingerprint density at radius 3 is 2.60 bits per heavy atom. The molecule has 1 aromatic heterocycles. The number of imidazole rings is 1. The summed E-state index contributed by atoms with van der Waals surface area (Å²) < 4.78 is 13.7. The van der Waals surface area contributed by atoms with Gasteiger partial charge in [-0.3, -0.25) is 0 Å². The molecule has 0 aliphatic heterocycles. The monoisotopic (exact) mass is 408 g/mol. The molecule has 0 amide bonds. The first-order chi connectivity index (χ1) is 14.6. The van der Waals surface area contributed by atoms with E-state index in [-0.39, 0.29) is 6.61 Å².